The number of pyridine rings is 1. The molecule has 0 aliphatic heterocycles. The van der Waals surface area contributed by atoms with E-state index in [-0.39, 0.29) is 22.8 Å². The number of amides is 1. The van der Waals surface area contributed by atoms with Gasteiger partial charge in [0.15, 0.2) is 11.5 Å². The first-order valence-corrected chi connectivity index (χ1v) is 10.7. The zero-order valence-electron chi connectivity index (χ0n) is 17.2. The number of imidazole rings is 1. The molecular formula is C23H14Cl2F2N6O. The Morgan fingerprint density at radius 1 is 1.03 bits per heavy atom. The van der Waals surface area contributed by atoms with Crippen LogP contribution < -0.4 is 5.73 Å². The molecule has 5 aromatic rings. The van der Waals surface area contributed by atoms with Gasteiger partial charge in [0.1, 0.15) is 17.2 Å². The van der Waals surface area contributed by atoms with E-state index in [2.05, 4.69) is 15.3 Å². The molecule has 34 heavy (non-hydrogen) atoms. The third kappa shape index (κ3) is 4.00. The molecule has 0 radical (unpaired) electrons. The first-order valence-electron chi connectivity index (χ1n) is 9.92. The summed E-state index contributed by atoms with van der Waals surface area (Å²) in [6.45, 7) is 0.250. The minimum absolute atomic E-state index is 0.0558. The normalized spacial score (nSPS) is 11.3. The molecule has 0 aliphatic rings. The number of benzene rings is 2. The maximum absolute atomic E-state index is 14.5. The van der Waals surface area contributed by atoms with E-state index >= 15 is 0 Å². The van der Waals surface area contributed by atoms with Gasteiger partial charge in [-0.25, -0.2) is 18.4 Å². The van der Waals surface area contributed by atoms with Crippen LogP contribution in [0.25, 0.3) is 28.3 Å². The highest BCUT2D eigenvalue weighted by Gasteiger charge is 2.21. The number of nitrogens with two attached hydrogens (primary N) is 1. The number of halogens is 4. The van der Waals surface area contributed by atoms with Crippen LogP contribution in [0.15, 0.2) is 60.9 Å². The first kappa shape index (κ1) is 22.0. The standard InChI is InChI=1S/C23H14Cl2F2N6O/c24-14-4-2-13(3-5-14)20-21(33-10-15(26)8-18(27)23(33)29-20)19-11-32(31-30-19)9-12-1-6-17(25)16(7-12)22(28)34/h1-8,10-11H,9H2,(H2,28,34). The van der Waals surface area contributed by atoms with Crippen LogP contribution in [-0.4, -0.2) is 30.3 Å². The summed E-state index contributed by atoms with van der Waals surface area (Å²) in [5, 5.41) is 9.11. The summed E-state index contributed by atoms with van der Waals surface area (Å²) < 4.78 is 31.4. The molecule has 2 aromatic carbocycles. The fraction of sp³-hybridized carbons (Fsp3) is 0.0435. The molecule has 0 spiro atoms. The van der Waals surface area contributed by atoms with Gasteiger partial charge in [0.05, 0.1) is 29.0 Å². The van der Waals surface area contributed by atoms with Crippen LogP contribution in [0, 0.1) is 11.6 Å². The Balaban J connectivity index is 1.61. The van der Waals surface area contributed by atoms with Gasteiger partial charge in [-0.3, -0.25) is 9.20 Å². The van der Waals surface area contributed by atoms with Crippen molar-refractivity contribution in [3.05, 3.63) is 93.7 Å². The van der Waals surface area contributed by atoms with Gasteiger partial charge in [-0.05, 0) is 29.8 Å². The molecule has 0 bridgehead atoms. The van der Waals surface area contributed by atoms with Gasteiger partial charge in [0.25, 0.3) is 0 Å². The summed E-state index contributed by atoms with van der Waals surface area (Å²) in [6, 6.07) is 12.5. The van der Waals surface area contributed by atoms with Gasteiger partial charge in [-0.1, -0.05) is 46.6 Å². The molecule has 0 unspecified atom stereocenters. The second-order valence-corrected chi connectivity index (χ2v) is 8.34. The molecule has 0 aliphatic carbocycles. The van der Waals surface area contributed by atoms with Crippen LogP contribution in [0.3, 0.4) is 0 Å². The summed E-state index contributed by atoms with van der Waals surface area (Å²) in [7, 11) is 0. The monoisotopic (exact) mass is 498 g/mol. The highest BCUT2D eigenvalue weighted by Crippen LogP contribution is 2.33. The molecular weight excluding hydrogens is 485 g/mol. The number of carbonyl (C=O) groups excluding carboxylic acids is 1. The van der Waals surface area contributed by atoms with Crippen LogP contribution in [0.4, 0.5) is 8.78 Å². The molecule has 0 saturated heterocycles. The van der Waals surface area contributed by atoms with Crippen molar-refractivity contribution in [1.82, 2.24) is 24.4 Å². The molecule has 170 valence electrons. The number of hydrogen-bond donors (Lipinski definition) is 1. The molecule has 3 heterocycles. The van der Waals surface area contributed by atoms with Crippen molar-refractivity contribution in [3.63, 3.8) is 0 Å². The summed E-state index contributed by atoms with van der Waals surface area (Å²) >= 11 is 12.0. The fourth-order valence-electron chi connectivity index (χ4n) is 3.66. The first-order chi connectivity index (χ1) is 16.3. The molecule has 7 nitrogen and oxygen atoms in total. The van der Waals surface area contributed by atoms with E-state index in [0.717, 1.165) is 12.3 Å². The van der Waals surface area contributed by atoms with E-state index in [4.69, 9.17) is 28.9 Å². The molecule has 1 amide bonds. The molecule has 2 N–H and O–H groups in total. The van der Waals surface area contributed by atoms with E-state index < -0.39 is 17.5 Å². The fourth-order valence-corrected chi connectivity index (χ4v) is 3.99. The van der Waals surface area contributed by atoms with Crippen molar-refractivity contribution in [1.29, 1.82) is 0 Å². The second-order valence-electron chi connectivity index (χ2n) is 7.50. The predicted octanol–water partition coefficient (Wildman–Crippen LogP) is 4.99. The maximum Gasteiger partial charge on any atom is 0.250 e. The van der Waals surface area contributed by atoms with Crippen molar-refractivity contribution >= 4 is 34.8 Å². The lowest BCUT2D eigenvalue weighted by molar-refractivity contribution is 0.100. The molecule has 0 atom stereocenters. The Morgan fingerprint density at radius 3 is 2.53 bits per heavy atom. The van der Waals surface area contributed by atoms with Gasteiger partial charge < -0.3 is 5.73 Å². The number of aromatic nitrogens is 5. The van der Waals surface area contributed by atoms with Gasteiger partial charge >= 0.3 is 0 Å². The van der Waals surface area contributed by atoms with E-state index in [1.54, 1.807) is 48.7 Å². The van der Waals surface area contributed by atoms with Gasteiger partial charge in [-0.15, -0.1) is 5.10 Å². The van der Waals surface area contributed by atoms with Gasteiger partial charge in [0.2, 0.25) is 5.91 Å². The minimum atomic E-state index is -0.811. The van der Waals surface area contributed by atoms with Gasteiger partial charge in [-0.2, -0.15) is 0 Å². The topological polar surface area (TPSA) is 91.1 Å². The zero-order chi connectivity index (χ0) is 24.0. The lowest BCUT2D eigenvalue weighted by Crippen LogP contribution is -2.12. The van der Waals surface area contributed by atoms with Crippen molar-refractivity contribution in [3.8, 4) is 22.6 Å². The lowest BCUT2D eigenvalue weighted by atomic mass is 10.1. The highest BCUT2D eigenvalue weighted by atomic mass is 35.5. The number of nitrogens with zero attached hydrogens (tertiary/aromatic N) is 5. The molecule has 0 saturated carbocycles. The van der Waals surface area contributed by atoms with E-state index in [1.807, 2.05) is 0 Å². The number of primary amides is 1. The Morgan fingerprint density at radius 2 is 1.79 bits per heavy atom. The van der Waals surface area contributed by atoms with Crippen molar-refractivity contribution in [2.75, 3.05) is 0 Å². The maximum atomic E-state index is 14.5. The smallest absolute Gasteiger partial charge is 0.250 e. The summed E-state index contributed by atoms with van der Waals surface area (Å²) in [5.41, 5.74) is 7.93. The predicted molar refractivity (Wildman–Crippen MR) is 124 cm³/mol. The lowest BCUT2D eigenvalue weighted by Gasteiger charge is -2.05. The van der Waals surface area contributed by atoms with Crippen LogP contribution in [0.5, 0.6) is 0 Å². The Bertz CT molecular complexity index is 1560. The van der Waals surface area contributed by atoms with E-state index in [9.17, 15) is 13.6 Å². The minimum Gasteiger partial charge on any atom is -0.366 e. The zero-order valence-corrected chi connectivity index (χ0v) is 18.7. The number of rotatable bonds is 5. The number of fused-ring (bicyclic) bond motifs is 1. The Kier molecular flexibility index (Phi) is 5.51. The Labute approximate surface area is 201 Å². The summed E-state index contributed by atoms with van der Waals surface area (Å²) in [5.74, 6) is -2.22. The molecule has 11 heteroatoms. The van der Waals surface area contributed by atoms with Crippen molar-refractivity contribution < 1.29 is 13.6 Å². The second kappa shape index (κ2) is 8.51. The van der Waals surface area contributed by atoms with Crippen molar-refractivity contribution in [2.45, 2.75) is 6.54 Å². The van der Waals surface area contributed by atoms with Crippen LogP contribution in [0.1, 0.15) is 15.9 Å². The summed E-state index contributed by atoms with van der Waals surface area (Å²) in [4.78, 5) is 16.0. The quantitative estimate of drug-likeness (QED) is 0.369. The van der Waals surface area contributed by atoms with Crippen LogP contribution in [-0.2, 0) is 6.54 Å². The number of hydrogen-bond acceptors (Lipinski definition) is 4. The largest absolute Gasteiger partial charge is 0.366 e. The van der Waals surface area contributed by atoms with Crippen LogP contribution in [0.2, 0.25) is 10.0 Å². The van der Waals surface area contributed by atoms with Gasteiger partial charge in [0, 0.05) is 22.8 Å². The Hall–Kier alpha value is -3.82. The number of carbonyl (C=O) groups is 1. The third-order valence-corrected chi connectivity index (χ3v) is 5.76. The SMILES string of the molecule is NC(=O)c1cc(Cn2cc(-c3c(-c4ccc(Cl)cc4)nc4c(F)cc(F)cn34)nn2)ccc1Cl. The molecule has 5 rings (SSSR count). The average Bonchev–Trinajstić information content (AvgIpc) is 3.40. The average molecular weight is 499 g/mol. The van der Waals surface area contributed by atoms with E-state index in [1.165, 1.54) is 9.08 Å². The molecule has 0 fully saturated rings. The van der Waals surface area contributed by atoms with Crippen LogP contribution >= 0.6 is 23.2 Å². The third-order valence-electron chi connectivity index (χ3n) is 5.18. The van der Waals surface area contributed by atoms with E-state index in [0.29, 0.717) is 33.2 Å². The summed E-state index contributed by atoms with van der Waals surface area (Å²) in [6.07, 6.45) is 2.75. The molecule has 3 aromatic heterocycles. The van der Waals surface area contributed by atoms with Crippen molar-refractivity contribution in [2.24, 2.45) is 5.73 Å². The highest BCUT2D eigenvalue weighted by molar-refractivity contribution is 6.33.